The predicted octanol–water partition coefficient (Wildman–Crippen LogP) is 14.4. The Hall–Kier alpha value is -6.31. The lowest BCUT2D eigenvalue weighted by molar-refractivity contribution is 0.661. The van der Waals surface area contributed by atoms with Crippen molar-refractivity contribution in [1.29, 1.82) is 0 Å². The Bertz CT molecular complexity index is 2960. The lowest BCUT2D eigenvalue weighted by Crippen LogP contribution is -2.15. The number of aliphatic imine (C=N–C) groups is 1. The van der Waals surface area contributed by atoms with Gasteiger partial charge in [0.1, 0.15) is 0 Å². The van der Waals surface area contributed by atoms with Gasteiger partial charge in [-0.2, -0.15) is 0 Å². The van der Waals surface area contributed by atoms with Crippen LogP contribution in [0.25, 0.3) is 71.3 Å². The maximum absolute atomic E-state index is 5.00. The van der Waals surface area contributed by atoms with Crippen LogP contribution in [0.2, 0.25) is 0 Å². The van der Waals surface area contributed by atoms with Crippen molar-refractivity contribution >= 4 is 44.1 Å². The highest BCUT2D eigenvalue weighted by Crippen LogP contribution is 2.55. The first-order chi connectivity index (χ1) is 27.0. The molecule has 0 amide bonds. The zero-order chi connectivity index (χ0) is 36.7. The van der Waals surface area contributed by atoms with Gasteiger partial charge in [0.2, 0.25) is 0 Å². The highest BCUT2D eigenvalue weighted by atomic mass is 14.8. The van der Waals surface area contributed by atoms with Crippen molar-refractivity contribution in [2.24, 2.45) is 10.9 Å². The zero-order valence-electron chi connectivity index (χ0n) is 31.3. The van der Waals surface area contributed by atoms with Crippen LogP contribution in [0.4, 0.5) is 0 Å². The molecule has 0 bridgehead atoms. The summed E-state index contributed by atoms with van der Waals surface area (Å²) in [5, 5.41) is 7.77. The molecule has 1 heterocycles. The summed E-state index contributed by atoms with van der Waals surface area (Å²) in [6.07, 6.45) is 18.9. The van der Waals surface area contributed by atoms with E-state index in [2.05, 4.69) is 184 Å². The van der Waals surface area contributed by atoms with Gasteiger partial charge in [-0.3, -0.25) is 4.99 Å². The minimum Gasteiger partial charge on any atom is -0.260 e. The lowest BCUT2D eigenvalue weighted by Gasteiger charge is -2.26. The molecule has 0 aromatic heterocycles. The molecule has 1 nitrogen and oxygen atoms in total. The Morgan fingerprint density at radius 2 is 1.25 bits per heavy atom. The van der Waals surface area contributed by atoms with E-state index in [1.165, 1.54) is 99.1 Å². The Morgan fingerprint density at radius 1 is 0.545 bits per heavy atom. The maximum Gasteiger partial charge on any atom is 0.0661 e. The van der Waals surface area contributed by atoms with E-state index in [0.717, 1.165) is 25.0 Å². The monoisotopic (exact) mass is 703 g/mol. The summed E-state index contributed by atoms with van der Waals surface area (Å²) in [6, 6.07) is 48.0. The number of fused-ring (bicyclic) bond motifs is 8. The molecule has 1 atom stereocenters. The summed E-state index contributed by atoms with van der Waals surface area (Å²) in [5.74, 6) is 0.277. The first kappa shape index (κ1) is 32.1. The number of allylic oxidation sites excluding steroid dienone is 9. The van der Waals surface area contributed by atoms with Crippen molar-refractivity contribution in [2.45, 2.75) is 38.5 Å². The molecule has 0 saturated carbocycles. The van der Waals surface area contributed by atoms with Crippen LogP contribution in [0.5, 0.6) is 0 Å². The normalized spacial score (nSPS) is 18.0. The van der Waals surface area contributed by atoms with Gasteiger partial charge in [0, 0.05) is 17.5 Å². The Balaban J connectivity index is 1.18. The molecular weight excluding hydrogens is 663 g/mol. The highest BCUT2D eigenvalue weighted by Gasteiger charge is 2.37. The van der Waals surface area contributed by atoms with Crippen LogP contribution in [0.3, 0.4) is 0 Å². The van der Waals surface area contributed by atoms with Gasteiger partial charge in [0.25, 0.3) is 0 Å². The first-order valence-electron chi connectivity index (χ1n) is 19.8. The third-order valence-electron chi connectivity index (χ3n) is 12.7. The molecule has 3 aliphatic carbocycles. The van der Waals surface area contributed by atoms with E-state index in [4.69, 9.17) is 4.99 Å². The first-order valence-corrected chi connectivity index (χ1v) is 19.8. The van der Waals surface area contributed by atoms with Crippen LogP contribution in [-0.4, -0.2) is 6.21 Å². The lowest BCUT2D eigenvalue weighted by atomic mass is 9.78. The van der Waals surface area contributed by atoms with Crippen molar-refractivity contribution in [3.63, 3.8) is 0 Å². The minimum atomic E-state index is -0.123. The summed E-state index contributed by atoms with van der Waals surface area (Å²) in [7, 11) is 0. The molecule has 0 radical (unpaired) electrons. The second kappa shape index (κ2) is 12.4. The van der Waals surface area contributed by atoms with E-state index in [1.807, 2.05) is 0 Å². The second-order valence-corrected chi connectivity index (χ2v) is 16.1. The van der Waals surface area contributed by atoms with E-state index >= 15 is 0 Å². The van der Waals surface area contributed by atoms with E-state index in [0.29, 0.717) is 0 Å². The van der Waals surface area contributed by atoms with E-state index in [-0.39, 0.29) is 11.3 Å². The van der Waals surface area contributed by atoms with Gasteiger partial charge in [-0.1, -0.05) is 159 Å². The van der Waals surface area contributed by atoms with Crippen molar-refractivity contribution in [1.82, 2.24) is 0 Å². The molecule has 55 heavy (non-hydrogen) atoms. The standard InChI is InChI=1S/C54H41N/c1-54(2)48-24-14-13-23-45(48)53-41-20-10-9-19-40(41)47(32-49(53)54)52-43-22-12-11-21-42(43)51(35-17-7-4-8-18-35)44-28-27-37(30-46(44)52)36-25-26-38-31-50(55-33-39(38)29-36)34-15-5-3-6-16-34/h3-5,7-15,17-28,30-33,39H,6,16,29H2,1-2H3. The molecule has 7 aromatic carbocycles. The topological polar surface area (TPSA) is 12.4 Å². The van der Waals surface area contributed by atoms with Gasteiger partial charge >= 0.3 is 0 Å². The molecule has 0 N–H and O–H groups in total. The average Bonchev–Trinajstić information content (AvgIpc) is 3.48. The number of rotatable bonds is 4. The number of hydrogen-bond donors (Lipinski definition) is 0. The quantitative estimate of drug-likeness (QED) is 0.162. The largest absolute Gasteiger partial charge is 0.260 e. The molecule has 0 saturated heterocycles. The SMILES string of the molecule is CC1(C)c2ccccc2-c2c1cc(-c1c3ccccc3c(-c3ccccc3)c3ccc(C4=CC=C5C=C(C6=CC=CCC6)N=CC5C4)cc13)c1ccccc21. The summed E-state index contributed by atoms with van der Waals surface area (Å²) >= 11 is 0. The van der Waals surface area contributed by atoms with Gasteiger partial charge in [0.15, 0.2) is 0 Å². The highest BCUT2D eigenvalue weighted by molar-refractivity contribution is 6.25. The van der Waals surface area contributed by atoms with Gasteiger partial charge < -0.3 is 0 Å². The van der Waals surface area contributed by atoms with Gasteiger partial charge in [-0.05, 0) is 137 Å². The fraction of sp³-hybridized carbons (Fsp3) is 0.130. The van der Waals surface area contributed by atoms with Gasteiger partial charge in [-0.15, -0.1) is 0 Å². The Labute approximate surface area is 323 Å². The van der Waals surface area contributed by atoms with E-state index < -0.39 is 0 Å². The molecule has 1 unspecified atom stereocenters. The molecule has 7 aromatic rings. The van der Waals surface area contributed by atoms with Crippen LogP contribution < -0.4 is 0 Å². The molecule has 0 fully saturated rings. The van der Waals surface area contributed by atoms with Gasteiger partial charge in [0.05, 0.1) is 5.70 Å². The van der Waals surface area contributed by atoms with E-state index in [1.54, 1.807) is 0 Å². The van der Waals surface area contributed by atoms with Crippen LogP contribution >= 0.6 is 0 Å². The van der Waals surface area contributed by atoms with Crippen molar-refractivity contribution in [2.75, 3.05) is 0 Å². The van der Waals surface area contributed by atoms with Crippen LogP contribution in [0.15, 0.2) is 186 Å². The molecule has 4 aliphatic rings. The van der Waals surface area contributed by atoms with Gasteiger partial charge in [-0.25, -0.2) is 0 Å². The number of benzene rings is 7. The number of hydrogen-bond acceptors (Lipinski definition) is 1. The Kier molecular flexibility index (Phi) is 7.23. The maximum atomic E-state index is 5.00. The molecule has 0 spiro atoms. The third kappa shape index (κ3) is 4.96. The molecular formula is C54H41N. The smallest absolute Gasteiger partial charge is 0.0661 e. The number of nitrogens with zero attached hydrogens (tertiary/aromatic N) is 1. The average molecular weight is 704 g/mol. The Morgan fingerprint density at radius 3 is 2.05 bits per heavy atom. The summed E-state index contributed by atoms with van der Waals surface area (Å²) in [5.41, 5.74) is 17.0. The molecule has 11 rings (SSSR count). The fourth-order valence-corrected chi connectivity index (χ4v) is 9.95. The van der Waals surface area contributed by atoms with E-state index in [9.17, 15) is 0 Å². The second-order valence-electron chi connectivity index (χ2n) is 16.1. The molecule has 1 heteroatoms. The predicted molar refractivity (Wildman–Crippen MR) is 235 cm³/mol. The zero-order valence-corrected chi connectivity index (χ0v) is 31.3. The van der Waals surface area contributed by atoms with Crippen LogP contribution in [0.1, 0.15) is 49.8 Å². The molecule has 1 aliphatic heterocycles. The summed E-state index contributed by atoms with van der Waals surface area (Å²) in [4.78, 5) is 5.00. The van der Waals surface area contributed by atoms with Crippen LogP contribution in [0, 0.1) is 5.92 Å². The summed E-state index contributed by atoms with van der Waals surface area (Å²) in [6.45, 7) is 4.80. The van der Waals surface area contributed by atoms with Crippen molar-refractivity contribution in [3.8, 4) is 33.4 Å². The third-order valence-corrected chi connectivity index (χ3v) is 12.7. The fourth-order valence-electron chi connectivity index (χ4n) is 9.95. The van der Waals surface area contributed by atoms with Crippen molar-refractivity contribution < 1.29 is 0 Å². The molecule has 262 valence electrons. The minimum absolute atomic E-state index is 0.123. The summed E-state index contributed by atoms with van der Waals surface area (Å²) < 4.78 is 0. The van der Waals surface area contributed by atoms with Crippen LogP contribution in [-0.2, 0) is 5.41 Å². The van der Waals surface area contributed by atoms with Crippen molar-refractivity contribution in [3.05, 3.63) is 197 Å².